The van der Waals surface area contributed by atoms with E-state index >= 15 is 0 Å². The first-order valence-corrected chi connectivity index (χ1v) is 8.43. The van der Waals surface area contributed by atoms with Gasteiger partial charge in [0, 0.05) is 6.08 Å². The zero-order valence-electron chi connectivity index (χ0n) is 15.8. The van der Waals surface area contributed by atoms with Crippen molar-refractivity contribution >= 4 is 18.0 Å². The van der Waals surface area contributed by atoms with Gasteiger partial charge in [-0.1, -0.05) is 32.9 Å². The number of carboxylic acid groups (broad SMARTS) is 1. The molecule has 0 aliphatic carbocycles. The second-order valence-corrected chi connectivity index (χ2v) is 7.37. The van der Waals surface area contributed by atoms with Crippen LogP contribution < -0.4 is 4.74 Å². The summed E-state index contributed by atoms with van der Waals surface area (Å²) in [4.78, 5) is 23.1. The van der Waals surface area contributed by atoms with Crippen LogP contribution in [0.1, 0.15) is 53.4 Å². The maximum Gasteiger partial charge on any atom is 0.343 e. The summed E-state index contributed by atoms with van der Waals surface area (Å²) >= 11 is 0. The molecular formula is C22H24O4. The third-order valence-corrected chi connectivity index (χ3v) is 4.08. The third kappa shape index (κ3) is 4.82. The topological polar surface area (TPSA) is 63.6 Å². The van der Waals surface area contributed by atoms with Gasteiger partial charge >= 0.3 is 11.9 Å². The molecule has 0 heterocycles. The van der Waals surface area contributed by atoms with E-state index in [1.165, 1.54) is 6.08 Å². The average Bonchev–Trinajstić information content (AvgIpc) is 2.55. The summed E-state index contributed by atoms with van der Waals surface area (Å²) in [6.45, 7) is 10.0. The largest absolute Gasteiger partial charge is 0.478 e. The fourth-order valence-corrected chi connectivity index (χ4v) is 2.67. The third-order valence-electron chi connectivity index (χ3n) is 4.08. The van der Waals surface area contributed by atoms with Crippen molar-refractivity contribution in [2.24, 2.45) is 0 Å². The Balaban J connectivity index is 2.22. The predicted molar refractivity (Wildman–Crippen MR) is 103 cm³/mol. The van der Waals surface area contributed by atoms with E-state index in [0.717, 1.165) is 28.3 Å². The zero-order valence-corrected chi connectivity index (χ0v) is 15.8. The minimum atomic E-state index is -1.01. The number of carboxylic acids is 1. The molecule has 0 radical (unpaired) electrons. The van der Waals surface area contributed by atoms with Crippen LogP contribution in [0.2, 0.25) is 0 Å². The molecule has 2 rings (SSSR count). The van der Waals surface area contributed by atoms with Crippen LogP contribution in [0.25, 0.3) is 6.08 Å². The highest BCUT2D eigenvalue weighted by molar-refractivity contribution is 5.91. The lowest BCUT2D eigenvalue weighted by atomic mass is 9.87. The molecule has 0 bridgehead atoms. The first kappa shape index (κ1) is 19.4. The van der Waals surface area contributed by atoms with E-state index in [2.05, 4.69) is 20.8 Å². The molecule has 2 aromatic rings. The highest BCUT2D eigenvalue weighted by Crippen LogP contribution is 2.27. The van der Waals surface area contributed by atoms with Crippen molar-refractivity contribution in [3.63, 3.8) is 0 Å². The highest BCUT2D eigenvalue weighted by Gasteiger charge is 2.16. The minimum Gasteiger partial charge on any atom is -0.478 e. The van der Waals surface area contributed by atoms with Gasteiger partial charge in [0.15, 0.2) is 0 Å². The van der Waals surface area contributed by atoms with E-state index in [1.54, 1.807) is 24.3 Å². The van der Waals surface area contributed by atoms with Crippen LogP contribution >= 0.6 is 0 Å². The van der Waals surface area contributed by atoms with Crippen molar-refractivity contribution in [1.82, 2.24) is 0 Å². The van der Waals surface area contributed by atoms with Crippen LogP contribution in [0.3, 0.4) is 0 Å². The number of ether oxygens (including phenoxy) is 1. The van der Waals surface area contributed by atoms with Crippen molar-refractivity contribution in [2.75, 3.05) is 0 Å². The van der Waals surface area contributed by atoms with Gasteiger partial charge in [-0.05, 0) is 71.9 Å². The molecule has 0 fully saturated rings. The van der Waals surface area contributed by atoms with Crippen molar-refractivity contribution in [3.8, 4) is 5.75 Å². The van der Waals surface area contributed by atoms with Gasteiger partial charge < -0.3 is 9.84 Å². The molecule has 4 heteroatoms. The Hall–Kier alpha value is -2.88. The number of hydrogen-bond acceptors (Lipinski definition) is 3. The Labute approximate surface area is 154 Å². The zero-order chi connectivity index (χ0) is 19.5. The summed E-state index contributed by atoms with van der Waals surface area (Å²) in [5.74, 6) is -0.914. The number of rotatable bonds is 4. The Morgan fingerprint density at radius 3 is 2.00 bits per heavy atom. The van der Waals surface area contributed by atoms with E-state index in [4.69, 9.17) is 9.84 Å². The number of esters is 1. The Bertz CT molecular complexity index is 830. The minimum absolute atomic E-state index is 0.0227. The molecule has 0 aromatic heterocycles. The molecule has 0 saturated carbocycles. The quantitative estimate of drug-likeness (QED) is 0.482. The lowest BCUT2D eigenvalue weighted by Crippen LogP contribution is -2.13. The molecule has 1 N–H and O–H groups in total. The molecule has 136 valence electrons. The van der Waals surface area contributed by atoms with E-state index in [1.807, 2.05) is 26.0 Å². The molecule has 0 atom stereocenters. The van der Waals surface area contributed by atoms with Crippen LogP contribution in [0.5, 0.6) is 5.75 Å². The Kier molecular flexibility index (Phi) is 5.66. The van der Waals surface area contributed by atoms with Crippen molar-refractivity contribution in [1.29, 1.82) is 0 Å². The second kappa shape index (κ2) is 7.56. The van der Waals surface area contributed by atoms with Gasteiger partial charge in [0.1, 0.15) is 5.75 Å². The lowest BCUT2D eigenvalue weighted by molar-refractivity contribution is -0.131. The van der Waals surface area contributed by atoms with E-state index in [9.17, 15) is 9.59 Å². The number of aliphatic carboxylic acids is 1. The molecule has 4 nitrogen and oxygen atoms in total. The van der Waals surface area contributed by atoms with Crippen LogP contribution in [0.4, 0.5) is 0 Å². The molecule has 0 amide bonds. The molecular weight excluding hydrogens is 328 g/mol. The van der Waals surface area contributed by atoms with Crippen LogP contribution in [0, 0.1) is 13.8 Å². The predicted octanol–water partition coefficient (Wildman–Crippen LogP) is 4.92. The fourth-order valence-electron chi connectivity index (χ4n) is 2.67. The highest BCUT2D eigenvalue weighted by atomic mass is 16.5. The van der Waals surface area contributed by atoms with E-state index < -0.39 is 11.9 Å². The molecule has 0 saturated heterocycles. The van der Waals surface area contributed by atoms with Crippen LogP contribution in [-0.2, 0) is 10.2 Å². The standard InChI is InChI=1S/C22H24O4/c1-14-12-16(6-11-19(23)24)13-15(2)20(14)26-21(25)17-7-9-18(10-8-17)22(3,4)5/h6-13H,1-5H3,(H,23,24)/b11-6+. The van der Waals surface area contributed by atoms with Gasteiger partial charge in [-0.25, -0.2) is 9.59 Å². The maximum atomic E-state index is 12.5. The summed E-state index contributed by atoms with van der Waals surface area (Å²) < 4.78 is 5.59. The van der Waals surface area contributed by atoms with Crippen LogP contribution in [-0.4, -0.2) is 17.0 Å². The average molecular weight is 352 g/mol. The first-order valence-electron chi connectivity index (χ1n) is 8.43. The monoisotopic (exact) mass is 352 g/mol. The summed E-state index contributed by atoms with van der Waals surface area (Å²) in [6.07, 6.45) is 2.59. The Morgan fingerprint density at radius 1 is 1.00 bits per heavy atom. The Morgan fingerprint density at radius 2 is 1.54 bits per heavy atom. The van der Waals surface area contributed by atoms with Crippen molar-refractivity contribution in [2.45, 2.75) is 40.0 Å². The number of aryl methyl sites for hydroxylation is 2. The van der Waals surface area contributed by atoms with E-state index in [-0.39, 0.29) is 5.41 Å². The lowest BCUT2D eigenvalue weighted by Gasteiger charge is -2.19. The van der Waals surface area contributed by atoms with Gasteiger partial charge in [0.25, 0.3) is 0 Å². The summed E-state index contributed by atoms with van der Waals surface area (Å²) in [7, 11) is 0. The smallest absolute Gasteiger partial charge is 0.343 e. The fraction of sp³-hybridized carbons (Fsp3) is 0.273. The molecule has 2 aromatic carbocycles. The second-order valence-electron chi connectivity index (χ2n) is 7.37. The molecule has 0 spiro atoms. The number of carbonyl (C=O) groups is 2. The van der Waals surface area contributed by atoms with Gasteiger partial charge in [0.2, 0.25) is 0 Å². The first-order chi connectivity index (χ1) is 12.1. The number of hydrogen-bond donors (Lipinski definition) is 1. The summed E-state index contributed by atoms with van der Waals surface area (Å²) in [5.41, 5.74) is 3.96. The van der Waals surface area contributed by atoms with Crippen LogP contribution in [0.15, 0.2) is 42.5 Å². The molecule has 0 aliphatic rings. The summed E-state index contributed by atoms with van der Waals surface area (Å²) in [5, 5.41) is 8.73. The van der Waals surface area contributed by atoms with Gasteiger partial charge in [-0.3, -0.25) is 0 Å². The van der Waals surface area contributed by atoms with Crippen molar-refractivity contribution in [3.05, 3.63) is 70.3 Å². The normalized spacial score (nSPS) is 11.6. The maximum absolute atomic E-state index is 12.5. The number of carbonyl (C=O) groups excluding carboxylic acids is 1. The van der Waals surface area contributed by atoms with E-state index in [0.29, 0.717) is 11.3 Å². The summed E-state index contributed by atoms with van der Waals surface area (Å²) in [6, 6.07) is 11.0. The molecule has 26 heavy (non-hydrogen) atoms. The van der Waals surface area contributed by atoms with Gasteiger partial charge in [-0.2, -0.15) is 0 Å². The molecule has 0 aliphatic heterocycles. The SMILES string of the molecule is Cc1cc(/C=C/C(=O)O)cc(C)c1OC(=O)c1ccc(C(C)(C)C)cc1. The van der Waals surface area contributed by atoms with Gasteiger partial charge in [-0.15, -0.1) is 0 Å². The molecule has 0 unspecified atom stereocenters. The number of benzene rings is 2. The van der Waals surface area contributed by atoms with Crippen molar-refractivity contribution < 1.29 is 19.4 Å². The van der Waals surface area contributed by atoms with Gasteiger partial charge in [0.05, 0.1) is 5.56 Å².